The smallest absolute Gasteiger partial charge is 0.257 e. The minimum atomic E-state index is -3.79. The minimum Gasteiger partial charge on any atom is -0.257 e. The van der Waals surface area contributed by atoms with E-state index < -0.39 is 27.9 Å². The molecule has 0 aliphatic rings. The summed E-state index contributed by atoms with van der Waals surface area (Å²) in [5.74, 6) is -1.05. The molecule has 0 fully saturated rings. The van der Waals surface area contributed by atoms with Crippen LogP contribution in [0.15, 0.2) is 48.5 Å². The monoisotopic (exact) mass is 298 g/mol. The molecule has 0 unspecified atom stereocenters. The molecule has 0 N–H and O–H groups in total. The summed E-state index contributed by atoms with van der Waals surface area (Å²) in [4.78, 5) is 0. The van der Waals surface area contributed by atoms with Crippen molar-refractivity contribution in [2.75, 3.05) is 6.26 Å². The van der Waals surface area contributed by atoms with E-state index in [1.807, 2.05) is 0 Å². The second-order valence-corrected chi connectivity index (χ2v) is 5.89. The Morgan fingerprint density at radius 1 is 0.950 bits per heavy atom. The summed E-state index contributed by atoms with van der Waals surface area (Å²) in [7, 11) is -3.79. The van der Waals surface area contributed by atoms with Gasteiger partial charge in [-0.05, 0) is 35.4 Å². The molecule has 2 aromatic rings. The van der Waals surface area contributed by atoms with Crippen LogP contribution in [0.4, 0.5) is 8.78 Å². The predicted molar refractivity (Wildman–Crippen MR) is 70.6 cm³/mol. The number of hydrogen-bond acceptors (Lipinski definition) is 3. The minimum absolute atomic E-state index is 0.293. The van der Waals surface area contributed by atoms with Crippen LogP contribution in [-0.4, -0.2) is 14.7 Å². The Bertz CT molecular complexity index is 668. The van der Waals surface area contributed by atoms with Crippen molar-refractivity contribution in [3.63, 3.8) is 0 Å². The lowest BCUT2D eigenvalue weighted by Gasteiger charge is -2.17. The van der Waals surface area contributed by atoms with Gasteiger partial charge in [-0.15, -0.1) is 0 Å². The van der Waals surface area contributed by atoms with Crippen LogP contribution in [-0.2, 0) is 14.3 Å². The third-order valence-corrected chi connectivity index (χ3v) is 3.12. The zero-order valence-corrected chi connectivity index (χ0v) is 11.4. The van der Waals surface area contributed by atoms with E-state index in [1.165, 1.54) is 36.4 Å². The fraction of sp³-hybridized carbons (Fsp3) is 0.143. The molecular weight excluding hydrogens is 286 g/mol. The van der Waals surface area contributed by atoms with Gasteiger partial charge in [0, 0.05) is 0 Å². The van der Waals surface area contributed by atoms with Crippen LogP contribution in [0.1, 0.15) is 17.2 Å². The van der Waals surface area contributed by atoms with Crippen molar-refractivity contribution < 1.29 is 21.4 Å². The molecule has 106 valence electrons. The van der Waals surface area contributed by atoms with Crippen LogP contribution in [0.25, 0.3) is 0 Å². The quantitative estimate of drug-likeness (QED) is 0.815. The highest BCUT2D eigenvalue weighted by molar-refractivity contribution is 7.86. The standard InChI is InChI=1S/C14H12F2O3S/c1-20(17,18)19-14(10-4-2-6-12(15)8-10)11-5-3-7-13(16)9-11/h2-9,14H,1H3. The fourth-order valence-electron chi connectivity index (χ4n) is 1.82. The molecule has 0 heterocycles. The molecule has 3 nitrogen and oxygen atoms in total. The lowest BCUT2D eigenvalue weighted by atomic mass is 10.0. The zero-order chi connectivity index (χ0) is 14.8. The molecule has 0 atom stereocenters. The first-order valence-electron chi connectivity index (χ1n) is 5.74. The molecule has 0 saturated heterocycles. The van der Waals surface area contributed by atoms with Crippen LogP contribution in [0, 0.1) is 11.6 Å². The fourth-order valence-corrected chi connectivity index (χ4v) is 2.39. The van der Waals surface area contributed by atoms with E-state index in [9.17, 15) is 17.2 Å². The molecule has 2 rings (SSSR count). The second kappa shape index (κ2) is 5.68. The average Bonchev–Trinajstić information content (AvgIpc) is 2.35. The van der Waals surface area contributed by atoms with E-state index >= 15 is 0 Å². The van der Waals surface area contributed by atoms with Crippen molar-refractivity contribution in [3.8, 4) is 0 Å². The van der Waals surface area contributed by atoms with Crippen molar-refractivity contribution >= 4 is 10.1 Å². The van der Waals surface area contributed by atoms with Crippen LogP contribution in [0.2, 0.25) is 0 Å². The molecule has 0 aliphatic heterocycles. The Morgan fingerprint density at radius 3 is 1.75 bits per heavy atom. The van der Waals surface area contributed by atoms with Gasteiger partial charge in [0.2, 0.25) is 0 Å². The average molecular weight is 298 g/mol. The molecule has 6 heteroatoms. The van der Waals surface area contributed by atoms with Gasteiger partial charge in [-0.2, -0.15) is 8.42 Å². The SMILES string of the molecule is CS(=O)(=O)OC(c1cccc(F)c1)c1cccc(F)c1. The summed E-state index contributed by atoms with van der Waals surface area (Å²) in [5.41, 5.74) is 0.585. The Hall–Kier alpha value is -1.79. The lowest BCUT2D eigenvalue weighted by Crippen LogP contribution is -2.12. The maximum Gasteiger partial charge on any atom is 0.265 e. The van der Waals surface area contributed by atoms with E-state index in [0.717, 1.165) is 18.4 Å². The van der Waals surface area contributed by atoms with E-state index in [4.69, 9.17) is 4.18 Å². The summed E-state index contributed by atoms with van der Waals surface area (Å²) in [6, 6.07) is 10.7. The predicted octanol–water partition coefficient (Wildman–Crippen LogP) is 3.03. The summed E-state index contributed by atoms with van der Waals surface area (Å²) >= 11 is 0. The van der Waals surface area contributed by atoms with Gasteiger partial charge in [0.25, 0.3) is 10.1 Å². The summed E-state index contributed by atoms with van der Waals surface area (Å²) < 4.78 is 54.2. The van der Waals surface area contributed by atoms with E-state index in [2.05, 4.69) is 0 Å². The van der Waals surface area contributed by atoms with Crippen molar-refractivity contribution in [1.29, 1.82) is 0 Å². The maximum atomic E-state index is 13.3. The van der Waals surface area contributed by atoms with Gasteiger partial charge in [-0.25, -0.2) is 8.78 Å². The van der Waals surface area contributed by atoms with Gasteiger partial charge in [-0.1, -0.05) is 24.3 Å². The molecular formula is C14H12F2O3S. The van der Waals surface area contributed by atoms with E-state index in [1.54, 1.807) is 0 Å². The highest BCUT2D eigenvalue weighted by Crippen LogP contribution is 2.28. The summed E-state index contributed by atoms with van der Waals surface area (Å²) in [6.45, 7) is 0. The second-order valence-electron chi connectivity index (χ2n) is 4.29. The van der Waals surface area contributed by atoms with E-state index in [0.29, 0.717) is 11.1 Å². The number of benzene rings is 2. The van der Waals surface area contributed by atoms with Gasteiger partial charge >= 0.3 is 0 Å². The van der Waals surface area contributed by atoms with Crippen molar-refractivity contribution in [2.24, 2.45) is 0 Å². The largest absolute Gasteiger partial charge is 0.265 e. The number of halogens is 2. The normalized spacial score (nSPS) is 11.8. The summed E-state index contributed by atoms with van der Waals surface area (Å²) in [6.07, 6.45) is -0.199. The molecule has 0 amide bonds. The maximum absolute atomic E-state index is 13.3. The van der Waals surface area contributed by atoms with Gasteiger partial charge < -0.3 is 0 Å². The van der Waals surface area contributed by atoms with Gasteiger partial charge in [-0.3, -0.25) is 4.18 Å². The Balaban J connectivity index is 2.50. The molecule has 0 saturated carbocycles. The first-order valence-corrected chi connectivity index (χ1v) is 7.56. The van der Waals surface area contributed by atoms with Crippen LogP contribution in [0.5, 0.6) is 0 Å². The Kier molecular flexibility index (Phi) is 4.15. The van der Waals surface area contributed by atoms with Crippen LogP contribution in [0.3, 0.4) is 0 Å². The van der Waals surface area contributed by atoms with Crippen molar-refractivity contribution in [3.05, 3.63) is 71.3 Å². The highest BCUT2D eigenvalue weighted by atomic mass is 32.2. The number of hydrogen-bond donors (Lipinski definition) is 0. The molecule has 0 radical (unpaired) electrons. The highest BCUT2D eigenvalue weighted by Gasteiger charge is 2.21. The van der Waals surface area contributed by atoms with E-state index in [-0.39, 0.29) is 0 Å². The Labute approximate surface area is 115 Å². The molecule has 0 aromatic heterocycles. The molecule has 0 aliphatic carbocycles. The van der Waals surface area contributed by atoms with Gasteiger partial charge in [0.1, 0.15) is 17.7 Å². The summed E-state index contributed by atoms with van der Waals surface area (Å²) in [5, 5.41) is 0. The van der Waals surface area contributed by atoms with Crippen molar-refractivity contribution in [2.45, 2.75) is 6.10 Å². The molecule has 2 aromatic carbocycles. The third kappa shape index (κ3) is 3.85. The number of rotatable bonds is 4. The molecule has 0 spiro atoms. The topological polar surface area (TPSA) is 43.4 Å². The van der Waals surface area contributed by atoms with Gasteiger partial charge in [0.15, 0.2) is 0 Å². The lowest BCUT2D eigenvalue weighted by molar-refractivity contribution is 0.255. The van der Waals surface area contributed by atoms with Gasteiger partial charge in [0.05, 0.1) is 6.26 Å². The molecule has 20 heavy (non-hydrogen) atoms. The molecule has 0 bridgehead atoms. The van der Waals surface area contributed by atoms with Crippen LogP contribution < -0.4 is 0 Å². The zero-order valence-electron chi connectivity index (χ0n) is 10.6. The first kappa shape index (κ1) is 14.6. The van der Waals surface area contributed by atoms with Crippen molar-refractivity contribution in [1.82, 2.24) is 0 Å². The van der Waals surface area contributed by atoms with Crippen LogP contribution >= 0.6 is 0 Å². The third-order valence-electron chi connectivity index (χ3n) is 2.57. The first-order chi connectivity index (χ1) is 9.35. The Morgan fingerprint density at radius 2 is 1.40 bits per heavy atom.